The second-order valence-electron chi connectivity index (χ2n) is 3.08. The minimum absolute atomic E-state index is 0.0842. The highest BCUT2D eigenvalue weighted by molar-refractivity contribution is 14.1. The van der Waals surface area contributed by atoms with E-state index in [0.29, 0.717) is 5.69 Å². The van der Waals surface area contributed by atoms with Crippen LogP contribution in [0, 0.1) is 0 Å². The van der Waals surface area contributed by atoms with Crippen LogP contribution >= 0.6 is 22.6 Å². The smallest absolute Gasteiger partial charge is 0.271 e. The number of aryl methyl sites for hydroxylation is 1. The highest BCUT2D eigenvalue weighted by atomic mass is 127. The predicted octanol–water partition coefficient (Wildman–Crippen LogP) is 1.37. The maximum atomic E-state index is 11.4. The van der Waals surface area contributed by atoms with Crippen molar-refractivity contribution in [1.29, 1.82) is 0 Å². The van der Waals surface area contributed by atoms with Gasteiger partial charge in [0.1, 0.15) is 5.69 Å². The Kier molecular flexibility index (Phi) is 4.92. The van der Waals surface area contributed by atoms with E-state index in [2.05, 4.69) is 32.9 Å². The first kappa shape index (κ1) is 11.5. The average molecular weight is 307 g/mol. The minimum atomic E-state index is -0.0842. The largest absolute Gasteiger partial charge is 0.351 e. The molecule has 0 saturated heterocycles. The Morgan fingerprint density at radius 2 is 2.43 bits per heavy atom. The van der Waals surface area contributed by atoms with Crippen LogP contribution in [0.25, 0.3) is 0 Å². The van der Waals surface area contributed by atoms with E-state index in [1.165, 1.54) is 0 Å². The van der Waals surface area contributed by atoms with Gasteiger partial charge in [0.05, 0.1) is 6.33 Å². The summed E-state index contributed by atoms with van der Waals surface area (Å²) in [6, 6.07) is 0. The molecule has 4 nitrogen and oxygen atoms in total. The van der Waals surface area contributed by atoms with Crippen molar-refractivity contribution >= 4 is 28.5 Å². The first-order valence-electron chi connectivity index (χ1n) is 4.56. The molecule has 0 saturated carbocycles. The van der Waals surface area contributed by atoms with Gasteiger partial charge in [0.2, 0.25) is 0 Å². The number of amides is 1. The van der Waals surface area contributed by atoms with Gasteiger partial charge in [-0.2, -0.15) is 0 Å². The molecule has 0 aromatic carbocycles. The fourth-order valence-corrected chi connectivity index (χ4v) is 1.58. The number of alkyl halides is 1. The molecule has 1 amide bonds. The van der Waals surface area contributed by atoms with E-state index in [9.17, 15) is 4.79 Å². The van der Waals surface area contributed by atoms with E-state index in [1.54, 1.807) is 17.1 Å². The molecule has 1 rings (SSSR count). The molecule has 0 aliphatic carbocycles. The highest BCUT2D eigenvalue weighted by Gasteiger charge is 2.06. The van der Waals surface area contributed by atoms with Crippen LogP contribution < -0.4 is 5.32 Å². The van der Waals surface area contributed by atoms with Gasteiger partial charge in [-0.3, -0.25) is 4.79 Å². The maximum absolute atomic E-state index is 11.4. The Labute approximate surface area is 97.2 Å². The molecule has 0 spiro atoms. The highest BCUT2D eigenvalue weighted by Crippen LogP contribution is 1.95. The third-order valence-electron chi connectivity index (χ3n) is 1.78. The number of carbonyl (C=O) groups is 1. The van der Waals surface area contributed by atoms with Crippen molar-refractivity contribution in [1.82, 2.24) is 14.9 Å². The Morgan fingerprint density at radius 1 is 1.64 bits per heavy atom. The summed E-state index contributed by atoms with van der Waals surface area (Å²) >= 11 is 2.33. The fourth-order valence-electron chi connectivity index (χ4n) is 1.04. The predicted molar refractivity (Wildman–Crippen MR) is 63.7 cm³/mol. The first-order chi connectivity index (χ1) is 6.74. The molecule has 5 heteroatoms. The summed E-state index contributed by atoms with van der Waals surface area (Å²) in [4.78, 5) is 15.4. The second-order valence-corrected chi connectivity index (χ2v) is 4.16. The molecule has 0 unspecified atom stereocenters. The number of nitrogens with one attached hydrogen (secondary N) is 1. The number of unbranched alkanes of at least 4 members (excludes halogenated alkanes) is 1. The molecule has 0 fully saturated rings. The molecule has 0 aliphatic rings. The topological polar surface area (TPSA) is 46.9 Å². The molecule has 0 aliphatic heterocycles. The van der Waals surface area contributed by atoms with E-state index in [4.69, 9.17) is 0 Å². The van der Waals surface area contributed by atoms with E-state index < -0.39 is 0 Å². The van der Waals surface area contributed by atoms with Crippen LogP contribution in [-0.2, 0) is 7.05 Å². The van der Waals surface area contributed by atoms with Gasteiger partial charge in [0, 0.05) is 19.8 Å². The third-order valence-corrected chi connectivity index (χ3v) is 2.55. The van der Waals surface area contributed by atoms with Crippen molar-refractivity contribution in [2.75, 3.05) is 11.0 Å². The minimum Gasteiger partial charge on any atom is -0.351 e. The van der Waals surface area contributed by atoms with Crippen molar-refractivity contribution in [2.24, 2.45) is 7.05 Å². The zero-order chi connectivity index (χ0) is 10.4. The lowest BCUT2D eigenvalue weighted by Crippen LogP contribution is -2.24. The van der Waals surface area contributed by atoms with Crippen LogP contribution in [0.4, 0.5) is 0 Å². The lowest BCUT2D eigenvalue weighted by Gasteiger charge is -2.00. The molecule has 0 radical (unpaired) electrons. The first-order valence-corrected chi connectivity index (χ1v) is 6.08. The summed E-state index contributed by atoms with van der Waals surface area (Å²) in [6.07, 6.45) is 5.51. The molecular formula is C9H14IN3O. The second kappa shape index (κ2) is 6.00. The Morgan fingerprint density at radius 3 is 3.00 bits per heavy atom. The van der Waals surface area contributed by atoms with Crippen molar-refractivity contribution in [3.63, 3.8) is 0 Å². The van der Waals surface area contributed by atoms with Gasteiger partial charge >= 0.3 is 0 Å². The Balaban J connectivity index is 2.29. The van der Waals surface area contributed by atoms with Crippen LogP contribution in [0.5, 0.6) is 0 Å². The number of nitrogens with zero attached hydrogens (tertiary/aromatic N) is 2. The molecule has 0 atom stereocenters. The van der Waals surface area contributed by atoms with Gasteiger partial charge in [0.25, 0.3) is 5.91 Å². The van der Waals surface area contributed by atoms with E-state index >= 15 is 0 Å². The summed E-state index contributed by atoms with van der Waals surface area (Å²) in [5, 5.41) is 2.83. The van der Waals surface area contributed by atoms with E-state index in [1.807, 2.05) is 7.05 Å². The number of aromatic nitrogens is 2. The third kappa shape index (κ3) is 3.65. The van der Waals surface area contributed by atoms with E-state index in [0.717, 1.165) is 23.8 Å². The summed E-state index contributed by atoms with van der Waals surface area (Å²) < 4.78 is 2.90. The van der Waals surface area contributed by atoms with Gasteiger partial charge in [-0.1, -0.05) is 22.6 Å². The normalized spacial score (nSPS) is 10.1. The van der Waals surface area contributed by atoms with Gasteiger partial charge in [-0.25, -0.2) is 4.98 Å². The van der Waals surface area contributed by atoms with Crippen molar-refractivity contribution in [3.05, 3.63) is 18.2 Å². The van der Waals surface area contributed by atoms with Gasteiger partial charge in [0.15, 0.2) is 0 Å². The van der Waals surface area contributed by atoms with Crippen LogP contribution in [0.2, 0.25) is 0 Å². The zero-order valence-corrected chi connectivity index (χ0v) is 10.3. The van der Waals surface area contributed by atoms with Gasteiger partial charge in [-0.15, -0.1) is 0 Å². The quantitative estimate of drug-likeness (QED) is 0.507. The SMILES string of the molecule is Cn1cnc(C(=O)NCCCCI)c1. The molecule has 78 valence electrons. The molecular weight excluding hydrogens is 293 g/mol. The molecule has 1 aromatic rings. The van der Waals surface area contributed by atoms with Crippen molar-refractivity contribution < 1.29 is 4.79 Å². The molecule has 1 aromatic heterocycles. The number of hydrogen-bond donors (Lipinski definition) is 1. The maximum Gasteiger partial charge on any atom is 0.271 e. The number of rotatable bonds is 5. The number of imidazole rings is 1. The average Bonchev–Trinajstić information content (AvgIpc) is 2.59. The van der Waals surface area contributed by atoms with Gasteiger partial charge in [-0.05, 0) is 17.3 Å². The van der Waals surface area contributed by atoms with Crippen LogP contribution in [0.15, 0.2) is 12.5 Å². The summed E-state index contributed by atoms with van der Waals surface area (Å²) in [5.41, 5.74) is 0.488. The molecule has 1 heterocycles. The number of carbonyl (C=O) groups excluding carboxylic acids is 1. The Hall–Kier alpha value is -0.590. The lowest BCUT2D eigenvalue weighted by atomic mass is 10.3. The van der Waals surface area contributed by atoms with Crippen LogP contribution in [0.3, 0.4) is 0 Å². The van der Waals surface area contributed by atoms with Gasteiger partial charge < -0.3 is 9.88 Å². The van der Waals surface area contributed by atoms with Crippen LogP contribution in [0.1, 0.15) is 23.3 Å². The summed E-state index contributed by atoms with van der Waals surface area (Å²) in [7, 11) is 1.85. The summed E-state index contributed by atoms with van der Waals surface area (Å²) in [5.74, 6) is -0.0842. The summed E-state index contributed by atoms with van der Waals surface area (Å²) in [6.45, 7) is 0.735. The zero-order valence-electron chi connectivity index (χ0n) is 8.16. The molecule has 1 N–H and O–H groups in total. The Bertz CT molecular complexity index is 298. The van der Waals surface area contributed by atoms with Crippen molar-refractivity contribution in [3.8, 4) is 0 Å². The van der Waals surface area contributed by atoms with E-state index in [-0.39, 0.29) is 5.91 Å². The lowest BCUT2D eigenvalue weighted by molar-refractivity contribution is 0.0948. The fraction of sp³-hybridized carbons (Fsp3) is 0.556. The number of halogens is 1. The number of hydrogen-bond acceptors (Lipinski definition) is 2. The monoisotopic (exact) mass is 307 g/mol. The standard InChI is InChI=1S/C9H14IN3O/c1-13-6-8(12-7-13)9(14)11-5-3-2-4-10/h6-7H,2-5H2,1H3,(H,11,14). The molecule has 0 bridgehead atoms. The molecule has 14 heavy (non-hydrogen) atoms. The van der Waals surface area contributed by atoms with Crippen molar-refractivity contribution in [2.45, 2.75) is 12.8 Å². The van der Waals surface area contributed by atoms with Crippen LogP contribution in [-0.4, -0.2) is 26.4 Å².